The highest BCUT2D eigenvalue weighted by Gasteiger charge is 2.32. The minimum absolute atomic E-state index is 0.174. The van der Waals surface area contributed by atoms with Crippen LogP contribution in [-0.4, -0.2) is 83.4 Å². The molecule has 7 heteroatoms. The zero-order valence-corrected chi connectivity index (χ0v) is 16.8. The molecule has 2 fully saturated rings. The second-order valence-electron chi connectivity index (χ2n) is 7.96. The molecule has 0 aromatic heterocycles. The Hall–Kier alpha value is -0.280. The predicted octanol–water partition coefficient (Wildman–Crippen LogP) is -0.289. The van der Waals surface area contributed by atoms with E-state index < -0.39 is 0 Å². The maximum Gasteiger partial charge on any atom is 0.113 e. The summed E-state index contributed by atoms with van der Waals surface area (Å²) < 4.78 is 5.75. The number of hydrogen-bond acceptors (Lipinski definition) is 7. The third-order valence-corrected chi connectivity index (χ3v) is 5.52. The number of nitrogens with one attached hydrogen (secondary N) is 5. The van der Waals surface area contributed by atoms with Crippen molar-refractivity contribution < 1.29 is 4.74 Å². The largest absolute Gasteiger partial charge is 0.381 e. The molecule has 0 radical (unpaired) electrons. The zero-order valence-electron chi connectivity index (χ0n) is 16.8. The molecule has 6 atom stereocenters. The first-order valence-electron chi connectivity index (χ1n) is 9.85. The first kappa shape index (κ1) is 21.0. The van der Waals surface area contributed by atoms with Crippen LogP contribution in [0.1, 0.15) is 32.6 Å². The Bertz CT molecular complexity index is 369. The van der Waals surface area contributed by atoms with Crippen LogP contribution >= 0.6 is 0 Å². The maximum absolute atomic E-state index is 5.75. The van der Waals surface area contributed by atoms with Crippen LogP contribution in [0.5, 0.6) is 0 Å². The van der Waals surface area contributed by atoms with E-state index in [0.717, 1.165) is 38.9 Å². The second kappa shape index (κ2) is 10.8. The van der Waals surface area contributed by atoms with Crippen molar-refractivity contribution in [2.24, 2.45) is 5.92 Å². The standard InChI is InChI=1S/C18H40N6O/c1-13-10-17(19-2)23-18(21-13)22-15-6-7-16(25-5)14(11-15)12-20-8-9-24(3)4/h13-23H,6-12H2,1-5H3. The van der Waals surface area contributed by atoms with Crippen molar-refractivity contribution >= 4 is 0 Å². The molecular weight excluding hydrogens is 316 g/mol. The molecule has 1 aliphatic carbocycles. The molecule has 1 heterocycles. The first-order chi connectivity index (χ1) is 12.0. The average molecular weight is 357 g/mol. The van der Waals surface area contributed by atoms with E-state index in [-0.39, 0.29) is 6.29 Å². The molecule has 0 spiro atoms. The van der Waals surface area contributed by atoms with E-state index in [1.54, 1.807) is 0 Å². The first-order valence-corrected chi connectivity index (χ1v) is 9.85. The monoisotopic (exact) mass is 356 g/mol. The molecule has 1 saturated carbocycles. The zero-order chi connectivity index (χ0) is 18.2. The van der Waals surface area contributed by atoms with Crippen LogP contribution in [0.4, 0.5) is 0 Å². The number of ether oxygens (including phenoxy) is 1. The molecule has 5 N–H and O–H groups in total. The van der Waals surface area contributed by atoms with Crippen molar-refractivity contribution in [3.05, 3.63) is 0 Å². The van der Waals surface area contributed by atoms with Gasteiger partial charge in [-0.1, -0.05) is 0 Å². The quantitative estimate of drug-likeness (QED) is 0.364. The molecule has 0 aromatic rings. The van der Waals surface area contributed by atoms with Crippen molar-refractivity contribution in [2.75, 3.05) is 47.9 Å². The van der Waals surface area contributed by atoms with Crippen molar-refractivity contribution in [1.82, 2.24) is 31.5 Å². The summed E-state index contributed by atoms with van der Waals surface area (Å²) in [5, 5.41) is 18.0. The van der Waals surface area contributed by atoms with Gasteiger partial charge in [0.1, 0.15) is 6.29 Å². The fraction of sp³-hybridized carbons (Fsp3) is 1.00. The number of rotatable bonds is 9. The number of nitrogens with zero attached hydrogens (tertiary/aromatic N) is 1. The van der Waals surface area contributed by atoms with Gasteiger partial charge in [0.05, 0.1) is 12.3 Å². The van der Waals surface area contributed by atoms with Crippen molar-refractivity contribution in [1.29, 1.82) is 0 Å². The van der Waals surface area contributed by atoms with Gasteiger partial charge < -0.3 is 20.3 Å². The molecule has 2 aliphatic rings. The summed E-state index contributed by atoms with van der Waals surface area (Å²) >= 11 is 0. The van der Waals surface area contributed by atoms with E-state index in [4.69, 9.17) is 4.74 Å². The van der Waals surface area contributed by atoms with Gasteiger partial charge in [-0.25, -0.2) is 0 Å². The predicted molar refractivity (Wildman–Crippen MR) is 103 cm³/mol. The summed E-state index contributed by atoms with van der Waals surface area (Å²) in [5.74, 6) is 0.569. The van der Waals surface area contributed by atoms with Gasteiger partial charge in [-0.15, -0.1) is 0 Å². The molecule has 0 aromatic carbocycles. The minimum atomic E-state index is 0.174. The Morgan fingerprint density at radius 3 is 2.64 bits per heavy atom. The average Bonchev–Trinajstić information content (AvgIpc) is 2.58. The molecule has 1 saturated heterocycles. The molecule has 0 bridgehead atoms. The lowest BCUT2D eigenvalue weighted by molar-refractivity contribution is 0.0109. The van der Waals surface area contributed by atoms with E-state index in [9.17, 15) is 0 Å². The third kappa shape index (κ3) is 7.09. The lowest BCUT2D eigenvalue weighted by atomic mass is 9.83. The lowest BCUT2D eigenvalue weighted by Gasteiger charge is -2.41. The van der Waals surface area contributed by atoms with E-state index in [1.807, 2.05) is 14.2 Å². The summed E-state index contributed by atoms with van der Waals surface area (Å²) in [4.78, 5) is 2.21. The van der Waals surface area contributed by atoms with Gasteiger partial charge >= 0.3 is 0 Å². The van der Waals surface area contributed by atoms with Crippen molar-refractivity contribution in [3.63, 3.8) is 0 Å². The second-order valence-corrected chi connectivity index (χ2v) is 7.96. The highest BCUT2D eigenvalue weighted by atomic mass is 16.5. The van der Waals surface area contributed by atoms with Crippen LogP contribution in [0.2, 0.25) is 0 Å². The van der Waals surface area contributed by atoms with Crippen LogP contribution in [-0.2, 0) is 4.74 Å². The van der Waals surface area contributed by atoms with E-state index in [1.165, 1.54) is 6.42 Å². The van der Waals surface area contributed by atoms with Gasteiger partial charge in [0.25, 0.3) is 0 Å². The molecule has 6 unspecified atom stereocenters. The number of likely N-dealkylation sites (N-methyl/N-ethyl adjacent to an activating group) is 1. The molecule has 2 rings (SSSR count). The van der Waals surface area contributed by atoms with Crippen molar-refractivity contribution in [2.45, 2.75) is 63.3 Å². The Kier molecular flexibility index (Phi) is 9.06. The maximum atomic E-state index is 5.75. The topological polar surface area (TPSA) is 72.6 Å². The minimum Gasteiger partial charge on any atom is -0.381 e. The Labute approximate surface area is 154 Å². The highest BCUT2D eigenvalue weighted by Crippen LogP contribution is 2.27. The Balaban J connectivity index is 1.79. The Morgan fingerprint density at radius 2 is 1.96 bits per heavy atom. The molecule has 25 heavy (non-hydrogen) atoms. The van der Waals surface area contributed by atoms with Gasteiger partial charge in [-0.05, 0) is 59.7 Å². The van der Waals surface area contributed by atoms with E-state index in [2.05, 4.69) is 52.5 Å². The summed E-state index contributed by atoms with van der Waals surface area (Å²) in [5.41, 5.74) is 0. The number of hydrogen-bond donors (Lipinski definition) is 5. The highest BCUT2D eigenvalue weighted by molar-refractivity contribution is 4.89. The number of methoxy groups -OCH3 is 1. The van der Waals surface area contributed by atoms with Crippen LogP contribution < -0.4 is 26.6 Å². The summed E-state index contributed by atoms with van der Waals surface area (Å²) in [6.45, 7) is 5.39. The van der Waals surface area contributed by atoms with Crippen LogP contribution in [0, 0.1) is 5.92 Å². The molecule has 1 aliphatic heterocycles. The Morgan fingerprint density at radius 1 is 1.16 bits per heavy atom. The van der Waals surface area contributed by atoms with Crippen molar-refractivity contribution in [3.8, 4) is 0 Å². The van der Waals surface area contributed by atoms with Crippen LogP contribution in [0.25, 0.3) is 0 Å². The molecule has 7 nitrogen and oxygen atoms in total. The van der Waals surface area contributed by atoms with Gasteiger partial charge in [-0.2, -0.15) is 0 Å². The molecule has 0 amide bonds. The normalized spacial score (nSPS) is 36.7. The SMILES string of the molecule is CNC1CC(C)NC(NC2CCC(OC)C(CNCCN(C)C)C2)N1. The smallest absolute Gasteiger partial charge is 0.113 e. The molecular formula is C18H40N6O. The summed E-state index contributed by atoms with van der Waals surface area (Å²) in [7, 11) is 8.11. The van der Waals surface area contributed by atoms with Gasteiger partial charge in [0.2, 0.25) is 0 Å². The fourth-order valence-corrected chi connectivity index (χ4v) is 4.06. The molecule has 148 valence electrons. The van der Waals surface area contributed by atoms with Crippen LogP contribution in [0.15, 0.2) is 0 Å². The fourth-order valence-electron chi connectivity index (χ4n) is 4.06. The lowest BCUT2D eigenvalue weighted by Crippen LogP contribution is -2.68. The third-order valence-electron chi connectivity index (χ3n) is 5.52. The van der Waals surface area contributed by atoms with E-state index in [0.29, 0.717) is 30.3 Å². The van der Waals surface area contributed by atoms with Gasteiger partial charge in [-0.3, -0.25) is 16.0 Å². The van der Waals surface area contributed by atoms with Crippen LogP contribution in [0.3, 0.4) is 0 Å². The summed E-state index contributed by atoms with van der Waals surface area (Å²) in [6, 6.07) is 1.04. The summed E-state index contributed by atoms with van der Waals surface area (Å²) in [6.07, 6.45) is 5.48. The van der Waals surface area contributed by atoms with E-state index >= 15 is 0 Å². The van der Waals surface area contributed by atoms with Gasteiger partial charge in [0, 0.05) is 38.8 Å². The van der Waals surface area contributed by atoms with Gasteiger partial charge in [0.15, 0.2) is 0 Å².